The molecule has 6 nitrogen and oxygen atoms in total. The summed E-state index contributed by atoms with van der Waals surface area (Å²) in [5.74, 6) is -1.99. The van der Waals surface area contributed by atoms with Crippen molar-refractivity contribution in [2.75, 3.05) is 10.3 Å². The average molecular weight is 561 g/mol. The van der Waals surface area contributed by atoms with E-state index >= 15 is 0 Å². The van der Waals surface area contributed by atoms with Crippen molar-refractivity contribution in [1.29, 1.82) is 0 Å². The summed E-state index contributed by atoms with van der Waals surface area (Å²) >= 11 is 8.04. The molecule has 3 aliphatic carbocycles. The monoisotopic (exact) mass is 560 g/mol. The molecule has 0 spiro atoms. The number of nitrogens with zero attached hydrogens (tertiary/aromatic N) is 3. The van der Waals surface area contributed by atoms with Crippen molar-refractivity contribution < 1.29 is 9.59 Å². The summed E-state index contributed by atoms with van der Waals surface area (Å²) in [5.41, 5.74) is 7.57. The molecule has 1 aliphatic heterocycles. The van der Waals surface area contributed by atoms with Crippen LogP contribution in [0.1, 0.15) is 28.2 Å². The van der Waals surface area contributed by atoms with Gasteiger partial charge in [0.1, 0.15) is 0 Å². The first-order valence-electron chi connectivity index (χ1n) is 13.1. The first kappa shape index (κ1) is 23.5. The predicted molar refractivity (Wildman–Crippen MR) is 158 cm³/mol. The molecule has 1 fully saturated rings. The summed E-state index contributed by atoms with van der Waals surface area (Å²) in [7, 11) is 0. The SMILES string of the molecule is O=C1[C@@H]2C3c4ccccc4C(/C=N\Nc4nc5ccccc5s4)(c4ccccc43)[C@@H]2C(=O)N1c1ccccc1Cl. The zero-order chi connectivity index (χ0) is 27.0. The van der Waals surface area contributed by atoms with Gasteiger partial charge in [-0.05, 0) is 46.5 Å². The van der Waals surface area contributed by atoms with E-state index in [1.54, 1.807) is 24.3 Å². The van der Waals surface area contributed by atoms with Crippen LogP contribution in [0.2, 0.25) is 5.02 Å². The van der Waals surface area contributed by atoms with Crippen LogP contribution in [-0.2, 0) is 15.0 Å². The van der Waals surface area contributed by atoms with Crippen molar-refractivity contribution in [3.05, 3.63) is 124 Å². The lowest BCUT2D eigenvalue weighted by molar-refractivity contribution is -0.122. The van der Waals surface area contributed by atoms with Gasteiger partial charge in [0.15, 0.2) is 0 Å². The molecule has 194 valence electrons. The van der Waals surface area contributed by atoms with E-state index in [1.807, 2.05) is 54.7 Å². The predicted octanol–water partition coefficient (Wildman–Crippen LogP) is 6.60. The highest BCUT2D eigenvalue weighted by molar-refractivity contribution is 7.22. The van der Waals surface area contributed by atoms with Gasteiger partial charge in [0.25, 0.3) is 0 Å². The number of anilines is 2. The Morgan fingerprint density at radius 1 is 0.850 bits per heavy atom. The number of thiazole rings is 1. The first-order valence-corrected chi connectivity index (χ1v) is 14.3. The highest BCUT2D eigenvalue weighted by atomic mass is 35.5. The van der Waals surface area contributed by atoms with Gasteiger partial charge in [-0.2, -0.15) is 5.10 Å². The average Bonchev–Trinajstić information content (AvgIpc) is 3.52. The van der Waals surface area contributed by atoms with Crippen molar-refractivity contribution in [3.8, 4) is 0 Å². The Morgan fingerprint density at radius 3 is 2.23 bits per heavy atom. The van der Waals surface area contributed by atoms with Gasteiger partial charge >= 0.3 is 0 Å². The maximum absolute atomic E-state index is 14.4. The van der Waals surface area contributed by atoms with Crippen LogP contribution < -0.4 is 10.3 Å². The van der Waals surface area contributed by atoms with Crippen molar-refractivity contribution in [1.82, 2.24) is 4.98 Å². The summed E-state index contributed by atoms with van der Waals surface area (Å²) in [5, 5.41) is 5.75. The topological polar surface area (TPSA) is 74.7 Å². The van der Waals surface area contributed by atoms with Crippen LogP contribution in [0.3, 0.4) is 0 Å². The van der Waals surface area contributed by atoms with Gasteiger partial charge in [-0.25, -0.2) is 9.88 Å². The van der Waals surface area contributed by atoms with E-state index in [2.05, 4.69) is 34.7 Å². The van der Waals surface area contributed by atoms with Gasteiger partial charge in [-0.3, -0.25) is 15.0 Å². The number of hydrazone groups is 1. The molecule has 2 atom stereocenters. The van der Waals surface area contributed by atoms with Gasteiger partial charge in [-0.15, -0.1) is 0 Å². The fourth-order valence-corrected chi connectivity index (χ4v) is 8.07. The number of imide groups is 1. The Kier molecular flexibility index (Phi) is 5.05. The maximum atomic E-state index is 14.4. The number of rotatable bonds is 4. The lowest BCUT2D eigenvalue weighted by atomic mass is 9.47. The smallest absolute Gasteiger partial charge is 0.239 e. The minimum absolute atomic E-state index is 0.228. The second kappa shape index (κ2) is 8.58. The minimum atomic E-state index is -0.959. The quantitative estimate of drug-likeness (QED) is 0.153. The Hall–Kier alpha value is -4.33. The molecule has 2 amide bonds. The molecule has 1 saturated heterocycles. The Morgan fingerprint density at radius 2 is 1.50 bits per heavy atom. The summed E-state index contributed by atoms with van der Waals surface area (Å²) in [6, 6.07) is 31.2. The summed E-state index contributed by atoms with van der Waals surface area (Å²) < 4.78 is 1.05. The van der Waals surface area contributed by atoms with Crippen molar-refractivity contribution in [2.24, 2.45) is 16.9 Å². The molecule has 2 heterocycles. The number of carbonyl (C=O) groups excluding carboxylic acids is 2. The number of aromatic nitrogens is 1. The Labute approximate surface area is 238 Å². The van der Waals surface area contributed by atoms with Gasteiger partial charge in [-0.1, -0.05) is 95.7 Å². The highest BCUT2D eigenvalue weighted by Crippen LogP contribution is 2.63. The van der Waals surface area contributed by atoms with E-state index in [0.29, 0.717) is 15.8 Å². The minimum Gasteiger partial charge on any atom is -0.274 e. The molecule has 0 saturated carbocycles. The number of hydrogen-bond acceptors (Lipinski definition) is 6. The van der Waals surface area contributed by atoms with Gasteiger partial charge in [0, 0.05) is 12.1 Å². The number of benzene rings is 4. The number of nitrogens with one attached hydrogen (secondary N) is 1. The van der Waals surface area contributed by atoms with E-state index in [9.17, 15) is 9.59 Å². The van der Waals surface area contributed by atoms with E-state index < -0.39 is 17.3 Å². The molecule has 0 radical (unpaired) electrons. The molecule has 4 aliphatic rings. The second-order valence-corrected chi connectivity index (χ2v) is 11.8. The van der Waals surface area contributed by atoms with Crippen molar-refractivity contribution in [2.45, 2.75) is 11.3 Å². The second-order valence-electron chi connectivity index (χ2n) is 10.3. The normalized spacial score (nSPS) is 24.4. The van der Waals surface area contributed by atoms with Crippen LogP contribution in [-0.4, -0.2) is 23.0 Å². The fourth-order valence-electron chi connectivity index (χ4n) is 7.03. The van der Waals surface area contributed by atoms with E-state index in [1.165, 1.54) is 16.2 Å². The van der Waals surface area contributed by atoms with Crippen molar-refractivity contribution >= 4 is 62.0 Å². The molecule has 1 aromatic heterocycles. The van der Waals surface area contributed by atoms with Crippen molar-refractivity contribution in [3.63, 3.8) is 0 Å². The largest absolute Gasteiger partial charge is 0.274 e. The zero-order valence-corrected chi connectivity index (χ0v) is 22.6. The fraction of sp³-hybridized carbons (Fsp3) is 0.125. The van der Waals surface area contributed by atoms with Crippen LogP contribution >= 0.6 is 22.9 Å². The molecule has 2 bridgehead atoms. The molecular formula is C32H21ClN4O2S. The molecule has 4 aromatic carbocycles. The highest BCUT2D eigenvalue weighted by Gasteiger charge is 2.68. The summed E-state index contributed by atoms with van der Waals surface area (Å²) in [6.45, 7) is 0. The molecule has 9 rings (SSSR count). The number of hydrogen-bond donors (Lipinski definition) is 1. The third-order valence-corrected chi connectivity index (χ3v) is 9.76. The van der Waals surface area contributed by atoms with E-state index in [4.69, 9.17) is 16.7 Å². The molecule has 5 aromatic rings. The Balaban J connectivity index is 1.33. The lowest BCUT2D eigenvalue weighted by Gasteiger charge is -2.52. The van der Waals surface area contributed by atoms with Crippen LogP contribution in [0.4, 0.5) is 10.8 Å². The standard InChI is InChI=1S/C32H21ClN4O2S/c33-22-13-5-7-15-24(22)37-29(38)27-26-18-9-1-3-11-20(18)32(28(27)30(37)39,21-12-4-2-10-19(21)26)17-34-36-31-35-23-14-6-8-16-25(23)40-31/h1-17,26-28H,(H,35,36)/b34-17-/t26?,27-,28+,32?/m1/s1. The molecule has 8 heteroatoms. The molecule has 1 N–H and O–H groups in total. The van der Waals surface area contributed by atoms with Crippen LogP contribution in [0.25, 0.3) is 10.2 Å². The summed E-state index contributed by atoms with van der Waals surface area (Å²) in [4.78, 5) is 34.6. The van der Waals surface area contributed by atoms with Crippen LogP contribution in [0.5, 0.6) is 0 Å². The third kappa shape index (κ3) is 3.04. The van der Waals surface area contributed by atoms with Gasteiger partial charge < -0.3 is 0 Å². The van der Waals surface area contributed by atoms with Gasteiger partial charge in [0.2, 0.25) is 16.9 Å². The van der Waals surface area contributed by atoms with E-state index in [0.717, 1.165) is 32.5 Å². The number of para-hydroxylation sites is 2. The number of carbonyl (C=O) groups is 2. The van der Waals surface area contributed by atoms with Crippen LogP contribution in [0, 0.1) is 11.8 Å². The summed E-state index contributed by atoms with van der Waals surface area (Å²) in [6.07, 6.45) is 1.82. The Bertz CT molecular complexity index is 1820. The van der Waals surface area contributed by atoms with E-state index in [-0.39, 0.29) is 17.7 Å². The molecular weight excluding hydrogens is 540 g/mol. The first-order chi connectivity index (χ1) is 19.6. The maximum Gasteiger partial charge on any atom is 0.239 e. The lowest BCUT2D eigenvalue weighted by Crippen LogP contribution is -2.54. The third-order valence-electron chi connectivity index (χ3n) is 8.50. The number of fused-ring (bicyclic) bond motifs is 1. The molecule has 40 heavy (non-hydrogen) atoms. The van der Waals surface area contributed by atoms with Gasteiger partial charge in [0.05, 0.1) is 38.2 Å². The number of halogens is 1. The van der Waals surface area contributed by atoms with Crippen LogP contribution in [0.15, 0.2) is 102 Å². The zero-order valence-electron chi connectivity index (χ0n) is 21.0. The molecule has 0 unspecified atom stereocenters. The number of amides is 2.